The van der Waals surface area contributed by atoms with Crippen LogP contribution in [0.4, 0.5) is 0 Å². The van der Waals surface area contributed by atoms with Crippen LogP contribution >= 0.6 is 0 Å². The summed E-state index contributed by atoms with van der Waals surface area (Å²) in [6.07, 6.45) is 11.3. The molecule has 3 rings (SSSR count). The number of aliphatic hydroxyl groups excluding tert-OH is 1. The van der Waals surface area contributed by atoms with Gasteiger partial charge in [-0.1, -0.05) is 11.6 Å². The number of aliphatic hydroxyl groups is 1. The van der Waals surface area contributed by atoms with Gasteiger partial charge in [0.1, 0.15) is 0 Å². The fourth-order valence-corrected chi connectivity index (χ4v) is 3.64. The topological polar surface area (TPSA) is 58.4 Å². The minimum Gasteiger partial charge on any atom is -0.396 e. The van der Waals surface area contributed by atoms with E-state index in [-0.39, 0.29) is 24.3 Å². The van der Waals surface area contributed by atoms with Gasteiger partial charge in [0.15, 0.2) is 0 Å². The van der Waals surface area contributed by atoms with Crippen molar-refractivity contribution in [2.24, 2.45) is 13.0 Å². The van der Waals surface area contributed by atoms with E-state index >= 15 is 0 Å². The molecule has 5 nitrogen and oxygen atoms in total. The van der Waals surface area contributed by atoms with Gasteiger partial charge in [-0.05, 0) is 31.2 Å². The Morgan fingerprint density at radius 3 is 2.91 bits per heavy atom. The molecule has 2 heterocycles. The number of hydrogen-bond donors (Lipinski definition) is 1. The van der Waals surface area contributed by atoms with Gasteiger partial charge >= 0.3 is 0 Å². The van der Waals surface area contributed by atoms with Gasteiger partial charge in [0.05, 0.1) is 6.20 Å². The highest BCUT2D eigenvalue weighted by molar-refractivity contribution is 5.79. The number of aryl methyl sites for hydroxylation is 1. The van der Waals surface area contributed by atoms with E-state index in [1.165, 1.54) is 18.4 Å². The number of hydrogen-bond acceptors (Lipinski definition) is 3. The fraction of sp³-hybridized carbons (Fsp3) is 0.647. The van der Waals surface area contributed by atoms with Gasteiger partial charge in [-0.3, -0.25) is 9.48 Å². The molecule has 1 aromatic rings. The number of likely N-dealkylation sites (tertiary alicyclic amines) is 1. The third kappa shape index (κ3) is 3.24. The first-order chi connectivity index (χ1) is 10.7. The number of amides is 1. The van der Waals surface area contributed by atoms with Crippen molar-refractivity contribution in [3.63, 3.8) is 0 Å². The summed E-state index contributed by atoms with van der Waals surface area (Å²) in [5.74, 6) is 0.523. The van der Waals surface area contributed by atoms with E-state index < -0.39 is 0 Å². The van der Waals surface area contributed by atoms with Crippen molar-refractivity contribution in [3.05, 3.63) is 29.6 Å². The molecule has 0 aromatic carbocycles. The van der Waals surface area contributed by atoms with Gasteiger partial charge in [-0.15, -0.1) is 0 Å². The van der Waals surface area contributed by atoms with Crippen LogP contribution in [-0.4, -0.2) is 45.4 Å². The van der Waals surface area contributed by atoms with Gasteiger partial charge in [-0.2, -0.15) is 5.10 Å². The molecule has 1 aliphatic carbocycles. The maximum absolute atomic E-state index is 12.5. The third-order valence-corrected chi connectivity index (χ3v) is 4.94. The number of nitrogens with zero attached hydrogens (tertiary/aromatic N) is 3. The predicted molar refractivity (Wildman–Crippen MR) is 84.3 cm³/mol. The Morgan fingerprint density at radius 2 is 2.27 bits per heavy atom. The van der Waals surface area contributed by atoms with E-state index in [1.54, 1.807) is 4.68 Å². The number of allylic oxidation sites excluding steroid dienone is 1. The summed E-state index contributed by atoms with van der Waals surface area (Å²) >= 11 is 0. The van der Waals surface area contributed by atoms with Crippen molar-refractivity contribution in [2.75, 3.05) is 19.7 Å². The zero-order valence-electron chi connectivity index (χ0n) is 13.2. The Morgan fingerprint density at radius 1 is 1.41 bits per heavy atom. The van der Waals surface area contributed by atoms with E-state index in [4.69, 9.17) is 0 Å². The van der Waals surface area contributed by atoms with Crippen LogP contribution in [0, 0.1) is 5.92 Å². The van der Waals surface area contributed by atoms with Gasteiger partial charge in [-0.25, -0.2) is 0 Å². The summed E-state index contributed by atoms with van der Waals surface area (Å²) in [4.78, 5) is 14.5. The molecule has 1 aliphatic heterocycles. The number of aromatic nitrogens is 2. The van der Waals surface area contributed by atoms with Crippen LogP contribution in [-0.2, 0) is 11.8 Å². The summed E-state index contributed by atoms with van der Waals surface area (Å²) in [5, 5.41) is 13.9. The van der Waals surface area contributed by atoms with Gasteiger partial charge in [0, 0.05) is 51.2 Å². The molecule has 1 N–H and O–H groups in total. The molecule has 1 saturated heterocycles. The van der Waals surface area contributed by atoms with Crippen LogP contribution in [0.2, 0.25) is 0 Å². The van der Waals surface area contributed by atoms with E-state index in [0.29, 0.717) is 19.5 Å². The van der Waals surface area contributed by atoms with Gasteiger partial charge in [0.2, 0.25) is 5.91 Å². The summed E-state index contributed by atoms with van der Waals surface area (Å²) in [5.41, 5.74) is 2.41. The lowest BCUT2D eigenvalue weighted by atomic mass is 9.92. The highest BCUT2D eigenvalue weighted by Gasteiger charge is 2.36. The second kappa shape index (κ2) is 6.65. The summed E-state index contributed by atoms with van der Waals surface area (Å²) in [7, 11) is 1.89. The first kappa shape index (κ1) is 15.3. The van der Waals surface area contributed by atoms with Crippen LogP contribution in [0.15, 0.2) is 24.0 Å². The molecule has 0 saturated carbocycles. The lowest BCUT2D eigenvalue weighted by molar-refractivity contribution is -0.129. The lowest BCUT2D eigenvalue weighted by Crippen LogP contribution is -2.29. The zero-order chi connectivity index (χ0) is 15.5. The van der Waals surface area contributed by atoms with Crippen molar-refractivity contribution in [2.45, 2.75) is 38.0 Å². The van der Waals surface area contributed by atoms with Crippen molar-refractivity contribution in [1.82, 2.24) is 14.7 Å². The van der Waals surface area contributed by atoms with Crippen molar-refractivity contribution < 1.29 is 9.90 Å². The van der Waals surface area contributed by atoms with E-state index in [9.17, 15) is 9.90 Å². The molecule has 5 heteroatoms. The second-order valence-corrected chi connectivity index (χ2v) is 6.58. The number of rotatable bonds is 4. The van der Waals surface area contributed by atoms with Crippen LogP contribution in [0.3, 0.4) is 0 Å². The smallest absolute Gasteiger partial charge is 0.226 e. The fourth-order valence-electron chi connectivity index (χ4n) is 3.64. The minimum atomic E-state index is 0.117. The maximum Gasteiger partial charge on any atom is 0.226 e. The first-order valence-electron chi connectivity index (χ1n) is 8.22. The molecule has 22 heavy (non-hydrogen) atoms. The second-order valence-electron chi connectivity index (χ2n) is 6.58. The standard InChI is InChI=1S/C17H25N3O2/c1-19-9-14(8-18-19)16-11-20(10-15(16)12-21)17(22)7-13-5-3-2-4-6-13/h5,8-9,15-16,21H,2-4,6-7,10-12H2,1H3/t15-,16-/m0/s1. The van der Waals surface area contributed by atoms with E-state index in [0.717, 1.165) is 18.4 Å². The van der Waals surface area contributed by atoms with Crippen molar-refractivity contribution in [3.8, 4) is 0 Å². The molecule has 1 aromatic heterocycles. The highest BCUT2D eigenvalue weighted by Crippen LogP contribution is 2.33. The quantitative estimate of drug-likeness (QED) is 0.864. The van der Waals surface area contributed by atoms with E-state index in [2.05, 4.69) is 11.2 Å². The van der Waals surface area contributed by atoms with Gasteiger partial charge in [0.25, 0.3) is 0 Å². The van der Waals surface area contributed by atoms with Crippen molar-refractivity contribution in [1.29, 1.82) is 0 Å². The largest absolute Gasteiger partial charge is 0.396 e. The minimum absolute atomic E-state index is 0.117. The van der Waals surface area contributed by atoms with Gasteiger partial charge < -0.3 is 10.0 Å². The molecule has 1 amide bonds. The molecule has 0 bridgehead atoms. The summed E-state index contributed by atoms with van der Waals surface area (Å²) < 4.78 is 1.78. The molecule has 1 fully saturated rings. The zero-order valence-corrected chi connectivity index (χ0v) is 13.2. The molecule has 2 aliphatic rings. The molecular weight excluding hydrogens is 278 g/mol. The van der Waals surface area contributed by atoms with Crippen LogP contribution < -0.4 is 0 Å². The molecule has 0 radical (unpaired) electrons. The Labute approximate surface area is 131 Å². The summed E-state index contributed by atoms with van der Waals surface area (Å²) in [6, 6.07) is 0. The third-order valence-electron chi connectivity index (χ3n) is 4.94. The molecule has 0 spiro atoms. The van der Waals surface area contributed by atoms with Crippen LogP contribution in [0.5, 0.6) is 0 Å². The summed E-state index contributed by atoms with van der Waals surface area (Å²) in [6.45, 7) is 1.47. The van der Waals surface area contributed by atoms with Crippen molar-refractivity contribution >= 4 is 5.91 Å². The SMILES string of the molecule is Cn1cc([C@@H]2CN(C(=O)CC3=CCCCC3)C[C@H]2CO)cn1. The average Bonchev–Trinajstić information content (AvgIpc) is 3.14. The lowest BCUT2D eigenvalue weighted by Gasteiger charge is -2.19. The Hall–Kier alpha value is -1.62. The molecule has 120 valence electrons. The highest BCUT2D eigenvalue weighted by atomic mass is 16.3. The Balaban J connectivity index is 1.65. The van der Waals surface area contributed by atoms with E-state index in [1.807, 2.05) is 24.3 Å². The maximum atomic E-state index is 12.5. The van der Waals surface area contributed by atoms with Crippen LogP contribution in [0.25, 0.3) is 0 Å². The predicted octanol–water partition coefficient (Wildman–Crippen LogP) is 1.84. The normalized spacial score (nSPS) is 25.4. The molecule has 2 atom stereocenters. The molecular formula is C17H25N3O2. The Bertz CT molecular complexity index is 564. The number of carbonyl (C=O) groups excluding carboxylic acids is 1. The number of carbonyl (C=O) groups is 1. The Kier molecular flexibility index (Phi) is 4.62. The first-order valence-corrected chi connectivity index (χ1v) is 8.22. The van der Waals surface area contributed by atoms with Crippen LogP contribution in [0.1, 0.15) is 43.6 Å². The average molecular weight is 303 g/mol. The monoisotopic (exact) mass is 303 g/mol. The molecule has 0 unspecified atom stereocenters.